The normalized spacial score (nSPS) is 24.9. The van der Waals surface area contributed by atoms with Crippen molar-refractivity contribution in [1.82, 2.24) is 5.32 Å². The van der Waals surface area contributed by atoms with E-state index in [0.29, 0.717) is 5.41 Å². The van der Waals surface area contributed by atoms with Crippen LogP contribution in [0.25, 0.3) is 0 Å². The Balaban J connectivity index is 2.37. The molecule has 0 aromatic rings. The van der Waals surface area contributed by atoms with Gasteiger partial charge in [-0.05, 0) is 31.1 Å². The Morgan fingerprint density at radius 2 is 1.85 bits per heavy atom. The smallest absolute Gasteiger partial charge is 0.219 e. The van der Waals surface area contributed by atoms with Gasteiger partial charge in [-0.25, -0.2) is 0 Å². The van der Waals surface area contributed by atoms with Crippen molar-refractivity contribution in [1.29, 1.82) is 0 Å². The van der Waals surface area contributed by atoms with E-state index in [2.05, 4.69) is 19.2 Å². The van der Waals surface area contributed by atoms with Crippen LogP contribution in [0, 0.1) is 5.41 Å². The Morgan fingerprint density at radius 1 is 1.15 bits per heavy atom. The Bertz CT molecular complexity index is 159. The van der Waals surface area contributed by atoms with Gasteiger partial charge in [0.15, 0.2) is 0 Å². The third-order valence-electron chi connectivity index (χ3n) is 2.86. The second kappa shape index (κ2) is 4.64. The molecule has 2 nitrogen and oxygen atoms in total. The summed E-state index contributed by atoms with van der Waals surface area (Å²) in [6, 6.07) is 0. The molecule has 1 rings (SSSR count). The summed E-state index contributed by atoms with van der Waals surface area (Å²) in [5, 5.41) is 2.95. The average Bonchev–Trinajstić information content (AvgIpc) is 2.06. The van der Waals surface area contributed by atoms with Crippen molar-refractivity contribution < 1.29 is 4.79 Å². The van der Waals surface area contributed by atoms with Gasteiger partial charge < -0.3 is 5.32 Å². The van der Waals surface area contributed by atoms with Crippen molar-refractivity contribution in [3.63, 3.8) is 0 Å². The van der Waals surface area contributed by atoms with E-state index in [-0.39, 0.29) is 5.91 Å². The first kappa shape index (κ1) is 10.6. The van der Waals surface area contributed by atoms with Crippen LogP contribution in [0.3, 0.4) is 0 Å². The van der Waals surface area contributed by atoms with E-state index in [0.717, 1.165) is 25.8 Å². The van der Waals surface area contributed by atoms with E-state index >= 15 is 0 Å². The maximum Gasteiger partial charge on any atom is 0.219 e. The predicted molar refractivity (Wildman–Crippen MR) is 54.5 cm³/mol. The third kappa shape index (κ3) is 4.30. The van der Waals surface area contributed by atoms with Crippen LogP contribution in [-0.2, 0) is 4.79 Å². The monoisotopic (exact) mass is 183 g/mol. The van der Waals surface area contributed by atoms with Crippen LogP contribution in [-0.4, -0.2) is 12.5 Å². The summed E-state index contributed by atoms with van der Waals surface area (Å²) in [7, 11) is 0. The molecule has 2 heteroatoms. The highest BCUT2D eigenvalue weighted by atomic mass is 16.1. The molecule has 1 heterocycles. The minimum Gasteiger partial charge on any atom is -0.356 e. The average molecular weight is 183 g/mol. The highest BCUT2D eigenvalue weighted by Gasteiger charge is 2.18. The first-order valence-corrected chi connectivity index (χ1v) is 5.37. The third-order valence-corrected chi connectivity index (χ3v) is 2.86. The van der Waals surface area contributed by atoms with Gasteiger partial charge in [0.05, 0.1) is 0 Å². The van der Waals surface area contributed by atoms with Gasteiger partial charge in [-0.3, -0.25) is 4.79 Å². The molecule has 0 unspecified atom stereocenters. The van der Waals surface area contributed by atoms with Crippen LogP contribution < -0.4 is 5.32 Å². The number of carbonyl (C=O) groups excluding carboxylic acids is 1. The Hall–Kier alpha value is -0.530. The second-order valence-electron chi connectivity index (χ2n) is 4.82. The molecule has 1 fully saturated rings. The van der Waals surface area contributed by atoms with Gasteiger partial charge in [-0.15, -0.1) is 0 Å². The van der Waals surface area contributed by atoms with Crippen LogP contribution >= 0.6 is 0 Å². The molecule has 0 saturated carbocycles. The fourth-order valence-electron chi connectivity index (χ4n) is 1.90. The van der Waals surface area contributed by atoms with Gasteiger partial charge in [0.1, 0.15) is 0 Å². The van der Waals surface area contributed by atoms with Crippen molar-refractivity contribution in [2.45, 2.75) is 52.4 Å². The first-order valence-electron chi connectivity index (χ1n) is 5.37. The van der Waals surface area contributed by atoms with Crippen LogP contribution in [0.1, 0.15) is 52.4 Å². The second-order valence-corrected chi connectivity index (χ2v) is 4.82. The molecule has 1 aliphatic rings. The minimum atomic E-state index is 0.236. The van der Waals surface area contributed by atoms with Gasteiger partial charge in [-0.2, -0.15) is 0 Å². The number of amides is 1. The van der Waals surface area contributed by atoms with Gasteiger partial charge in [-0.1, -0.05) is 20.3 Å². The zero-order valence-corrected chi connectivity index (χ0v) is 8.86. The van der Waals surface area contributed by atoms with Crippen LogP contribution in [0.5, 0.6) is 0 Å². The van der Waals surface area contributed by atoms with Gasteiger partial charge in [0.25, 0.3) is 0 Å². The molecule has 0 aromatic carbocycles. The molecule has 1 N–H and O–H groups in total. The summed E-state index contributed by atoms with van der Waals surface area (Å²) >= 11 is 0. The van der Waals surface area contributed by atoms with E-state index in [1.807, 2.05) is 0 Å². The van der Waals surface area contributed by atoms with Crippen molar-refractivity contribution >= 4 is 5.91 Å². The van der Waals surface area contributed by atoms with Crippen LogP contribution in [0.4, 0.5) is 0 Å². The van der Waals surface area contributed by atoms with Gasteiger partial charge >= 0.3 is 0 Å². The molecular formula is C11H21NO. The summed E-state index contributed by atoms with van der Waals surface area (Å²) in [4.78, 5) is 11.2. The van der Waals surface area contributed by atoms with Crippen LogP contribution in [0.15, 0.2) is 0 Å². The number of nitrogens with one attached hydrogen (secondary N) is 1. The Morgan fingerprint density at radius 3 is 2.62 bits per heavy atom. The molecular weight excluding hydrogens is 162 g/mol. The SMILES string of the molecule is CC1(C)CCCCC(=O)NCCC1. The maximum absolute atomic E-state index is 11.2. The summed E-state index contributed by atoms with van der Waals surface area (Å²) in [6.45, 7) is 5.52. The van der Waals surface area contributed by atoms with E-state index in [1.165, 1.54) is 19.3 Å². The molecule has 1 aliphatic heterocycles. The van der Waals surface area contributed by atoms with E-state index in [1.54, 1.807) is 0 Å². The maximum atomic E-state index is 11.2. The summed E-state index contributed by atoms with van der Waals surface area (Å²) in [5.41, 5.74) is 0.474. The van der Waals surface area contributed by atoms with Crippen molar-refractivity contribution in [3.8, 4) is 0 Å². The quantitative estimate of drug-likeness (QED) is 0.614. The number of rotatable bonds is 0. The molecule has 0 atom stereocenters. The Labute approximate surface area is 81.1 Å². The fourth-order valence-corrected chi connectivity index (χ4v) is 1.90. The lowest BCUT2D eigenvalue weighted by Crippen LogP contribution is -2.26. The van der Waals surface area contributed by atoms with Crippen molar-refractivity contribution in [2.24, 2.45) is 5.41 Å². The standard InChI is InChI=1S/C11H21NO/c1-11(2)7-4-3-6-10(13)12-9-5-8-11/h3-9H2,1-2H3,(H,12,13). The van der Waals surface area contributed by atoms with Crippen LogP contribution in [0.2, 0.25) is 0 Å². The molecule has 0 bridgehead atoms. The largest absolute Gasteiger partial charge is 0.356 e. The lowest BCUT2D eigenvalue weighted by atomic mass is 9.82. The highest BCUT2D eigenvalue weighted by molar-refractivity contribution is 5.75. The van der Waals surface area contributed by atoms with Gasteiger partial charge in [0, 0.05) is 13.0 Å². The highest BCUT2D eigenvalue weighted by Crippen LogP contribution is 2.29. The minimum absolute atomic E-state index is 0.236. The zero-order chi connectivity index (χ0) is 9.73. The van der Waals surface area contributed by atoms with Gasteiger partial charge in [0.2, 0.25) is 5.91 Å². The van der Waals surface area contributed by atoms with E-state index in [9.17, 15) is 4.79 Å². The molecule has 0 aromatic heterocycles. The van der Waals surface area contributed by atoms with Crippen molar-refractivity contribution in [3.05, 3.63) is 0 Å². The molecule has 0 aliphatic carbocycles. The number of hydrogen-bond donors (Lipinski definition) is 1. The lowest BCUT2D eigenvalue weighted by Gasteiger charge is -2.25. The number of carbonyl (C=O) groups is 1. The molecule has 1 amide bonds. The van der Waals surface area contributed by atoms with E-state index in [4.69, 9.17) is 0 Å². The fraction of sp³-hybridized carbons (Fsp3) is 0.909. The number of hydrogen-bond acceptors (Lipinski definition) is 1. The Kier molecular flexibility index (Phi) is 3.76. The topological polar surface area (TPSA) is 29.1 Å². The molecule has 76 valence electrons. The molecule has 1 saturated heterocycles. The molecule has 0 spiro atoms. The lowest BCUT2D eigenvalue weighted by molar-refractivity contribution is -0.121. The summed E-state index contributed by atoms with van der Waals surface area (Å²) in [5.74, 6) is 0.236. The summed E-state index contributed by atoms with van der Waals surface area (Å²) in [6.07, 6.45) is 6.58. The predicted octanol–water partition coefficient (Wildman–Crippen LogP) is 2.48. The first-order chi connectivity index (χ1) is 6.10. The zero-order valence-electron chi connectivity index (χ0n) is 8.86. The molecule has 0 radical (unpaired) electrons. The summed E-state index contributed by atoms with van der Waals surface area (Å²) < 4.78 is 0. The molecule has 13 heavy (non-hydrogen) atoms. The van der Waals surface area contributed by atoms with E-state index < -0.39 is 0 Å². The van der Waals surface area contributed by atoms with Crippen molar-refractivity contribution in [2.75, 3.05) is 6.54 Å².